The predicted molar refractivity (Wildman–Crippen MR) is 83.7 cm³/mol. The van der Waals surface area contributed by atoms with Crippen LogP contribution >= 0.6 is 0 Å². The Hall–Kier alpha value is -1.42. The largest absolute Gasteiger partial charge is 0.325 e. The van der Waals surface area contributed by atoms with E-state index in [9.17, 15) is 9.18 Å². The Kier molecular flexibility index (Phi) is 6.18. The van der Waals surface area contributed by atoms with Gasteiger partial charge in [0.1, 0.15) is 5.82 Å². The molecule has 3 nitrogen and oxygen atoms in total. The van der Waals surface area contributed by atoms with E-state index in [4.69, 9.17) is 0 Å². The van der Waals surface area contributed by atoms with Crippen LogP contribution in [-0.2, 0) is 4.79 Å². The summed E-state index contributed by atoms with van der Waals surface area (Å²) in [7, 11) is 0. The van der Waals surface area contributed by atoms with Crippen molar-refractivity contribution in [1.29, 1.82) is 0 Å². The molecule has 1 fully saturated rings. The van der Waals surface area contributed by atoms with Gasteiger partial charge in [-0.3, -0.25) is 4.79 Å². The number of amides is 1. The number of rotatable bonds is 4. The Bertz CT molecular complexity index is 439. The van der Waals surface area contributed by atoms with Gasteiger partial charge in [0.15, 0.2) is 0 Å². The van der Waals surface area contributed by atoms with Crippen LogP contribution in [0, 0.1) is 5.82 Å². The van der Waals surface area contributed by atoms with Crippen molar-refractivity contribution < 1.29 is 9.18 Å². The summed E-state index contributed by atoms with van der Waals surface area (Å²) < 4.78 is 12.8. The molecular weight excluding hydrogens is 267 g/mol. The molecule has 0 heterocycles. The first kappa shape index (κ1) is 16.0. The summed E-state index contributed by atoms with van der Waals surface area (Å²) >= 11 is 0. The molecule has 0 saturated heterocycles. The molecule has 116 valence electrons. The maximum absolute atomic E-state index is 12.8. The van der Waals surface area contributed by atoms with Gasteiger partial charge in [0.25, 0.3) is 0 Å². The zero-order valence-electron chi connectivity index (χ0n) is 12.7. The van der Waals surface area contributed by atoms with Gasteiger partial charge in [-0.15, -0.1) is 0 Å². The number of carbonyl (C=O) groups is 1. The smallest absolute Gasteiger partial charge is 0.241 e. The van der Waals surface area contributed by atoms with E-state index in [1.165, 1.54) is 44.2 Å². The van der Waals surface area contributed by atoms with Gasteiger partial charge in [0.05, 0.1) is 6.04 Å². The molecule has 0 bridgehead atoms. The molecule has 0 spiro atoms. The topological polar surface area (TPSA) is 41.1 Å². The minimum Gasteiger partial charge on any atom is -0.325 e. The van der Waals surface area contributed by atoms with Gasteiger partial charge in [0.2, 0.25) is 5.91 Å². The molecule has 2 rings (SSSR count). The predicted octanol–water partition coefficient (Wildman–Crippen LogP) is 3.86. The van der Waals surface area contributed by atoms with Crippen molar-refractivity contribution in [3.8, 4) is 0 Å². The lowest BCUT2D eigenvalue weighted by atomic mass is 9.96. The molecule has 4 heteroatoms. The van der Waals surface area contributed by atoms with E-state index in [2.05, 4.69) is 10.6 Å². The number of hydrogen-bond donors (Lipinski definition) is 2. The van der Waals surface area contributed by atoms with E-state index >= 15 is 0 Å². The fourth-order valence-electron chi connectivity index (χ4n) is 2.84. The molecule has 0 radical (unpaired) electrons. The van der Waals surface area contributed by atoms with E-state index in [1.807, 2.05) is 6.92 Å². The van der Waals surface area contributed by atoms with Crippen molar-refractivity contribution in [2.75, 3.05) is 5.32 Å². The van der Waals surface area contributed by atoms with Crippen LogP contribution < -0.4 is 10.6 Å². The van der Waals surface area contributed by atoms with E-state index < -0.39 is 0 Å². The van der Waals surface area contributed by atoms with Gasteiger partial charge in [-0.25, -0.2) is 4.39 Å². The number of anilines is 1. The number of nitrogens with one attached hydrogen (secondary N) is 2. The van der Waals surface area contributed by atoms with Crippen LogP contribution in [0.2, 0.25) is 0 Å². The maximum Gasteiger partial charge on any atom is 0.241 e. The highest BCUT2D eigenvalue weighted by molar-refractivity contribution is 5.94. The Morgan fingerprint density at radius 1 is 1.10 bits per heavy atom. The zero-order chi connectivity index (χ0) is 15.1. The second-order valence-electron chi connectivity index (χ2n) is 5.93. The molecule has 1 aromatic rings. The van der Waals surface area contributed by atoms with Gasteiger partial charge < -0.3 is 10.6 Å². The van der Waals surface area contributed by atoms with Crippen LogP contribution in [0.15, 0.2) is 24.3 Å². The number of carbonyl (C=O) groups excluding carboxylic acids is 1. The fourth-order valence-corrected chi connectivity index (χ4v) is 2.84. The van der Waals surface area contributed by atoms with Crippen LogP contribution in [0.4, 0.5) is 10.1 Å². The Morgan fingerprint density at radius 3 is 2.29 bits per heavy atom. The maximum atomic E-state index is 12.8. The minimum absolute atomic E-state index is 0.0660. The molecule has 1 atom stereocenters. The van der Waals surface area contributed by atoms with Crippen molar-refractivity contribution in [3.05, 3.63) is 30.1 Å². The van der Waals surface area contributed by atoms with Gasteiger partial charge in [0, 0.05) is 11.7 Å². The fraction of sp³-hybridized carbons (Fsp3) is 0.588. The first-order valence-electron chi connectivity index (χ1n) is 7.97. The monoisotopic (exact) mass is 292 g/mol. The van der Waals surface area contributed by atoms with Crippen LogP contribution in [-0.4, -0.2) is 18.0 Å². The molecule has 21 heavy (non-hydrogen) atoms. The standard InChI is InChI=1S/C17H25FN2O/c1-13(19-15-7-5-3-2-4-6-8-15)17(21)20-16-11-9-14(18)10-12-16/h9-13,15,19H,2-8H2,1H3,(H,20,21). The highest BCUT2D eigenvalue weighted by Gasteiger charge is 2.18. The number of benzene rings is 1. The van der Waals surface area contributed by atoms with Crippen LogP contribution in [0.25, 0.3) is 0 Å². The van der Waals surface area contributed by atoms with Gasteiger partial charge in [-0.2, -0.15) is 0 Å². The normalized spacial score (nSPS) is 18.6. The van der Waals surface area contributed by atoms with Crippen LogP contribution in [0.5, 0.6) is 0 Å². The summed E-state index contributed by atoms with van der Waals surface area (Å²) in [5, 5.41) is 6.25. The zero-order valence-corrected chi connectivity index (χ0v) is 12.7. The second-order valence-corrected chi connectivity index (χ2v) is 5.93. The summed E-state index contributed by atoms with van der Waals surface area (Å²) in [5.41, 5.74) is 0.632. The average molecular weight is 292 g/mol. The first-order valence-corrected chi connectivity index (χ1v) is 7.97. The minimum atomic E-state index is -0.298. The third kappa shape index (κ3) is 5.46. The molecule has 1 unspecified atom stereocenters. The SMILES string of the molecule is CC(NC1CCCCCCC1)C(=O)Nc1ccc(F)cc1. The molecule has 1 aromatic carbocycles. The van der Waals surface area contributed by atoms with E-state index in [1.54, 1.807) is 12.1 Å². The van der Waals surface area contributed by atoms with E-state index in [0.29, 0.717) is 11.7 Å². The van der Waals surface area contributed by atoms with Gasteiger partial charge >= 0.3 is 0 Å². The molecule has 0 aliphatic heterocycles. The average Bonchev–Trinajstić information content (AvgIpc) is 2.44. The molecule has 0 aromatic heterocycles. The summed E-state index contributed by atoms with van der Waals surface area (Å²) in [6, 6.07) is 6.05. The Balaban J connectivity index is 1.82. The van der Waals surface area contributed by atoms with Crippen LogP contribution in [0.1, 0.15) is 51.9 Å². The lowest BCUT2D eigenvalue weighted by Gasteiger charge is -2.24. The van der Waals surface area contributed by atoms with Crippen molar-refractivity contribution in [3.63, 3.8) is 0 Å². The Labute approximate surface area is 126 Å². The third-order valence-corrected chi connectivity index (χ3v) is 4.10. The summed E-state index contributed by atoms with van der Waals surface area (Å²) in [6.45, 7) is 1.89. The van der Waals surface area contributed by atoms with Crippen LogP contribution in [0.3, 0.4) is 0 Å². The number of hydrogen-bond acceptors (Lipinski definition) is 2. The van der Waals surface area contributed by atoms with Gasteiger partial charge in [-0.1, -0.05) is 32.1 Å². The Morgan fingerprint density at radius 2 is 1.67 bits per heavy atom. The molecule has 1 saturated carbocycles. The summed E-state index contributed by atoms with van der Waals surface area (Å²) in [4.78, 5) is 12.2. The van der Waals surface area contributed by atoms with E-state index in [-0.39, 0.29) is 17.8 Å². The molecule has 1 aliphatic carbocycles. The molecule has 2 N–H and O–H groups in total. The quantitative estimate of drug-likeness (QED) is 0.885. The van der Waals surface area contributed by atoms with Crippen molar-refractivity contribution in [2.45, 2.75) is 64.0 Å². The molecule has 1 aliphatic rings. The highest BCUT2D eigenvalue weighted by atomic mass is 19.1. The lowest BCUT2D eigenvalue weighted by Crippen LogP contribution is -2.44. The molecular formula is C17H25FN2O. The highest BCUT2D eigenvalue weighted by Crippen LogP contribution is 2.17. The summed E-state index contributed by atoms with van der Waals surface area (Å²) in [6.07, 6.45) is 8.71. The van der Waals surface area contributed by atoms with Gasteiger partial charge in [-0.05, 0) is 44.0 Å². The lowest BCUT2D eigenvalue weighted by molar-refractivity contribution is -0.118. The second kappa shape index (κ2) is 8.13. The van der Waals surface area contributed by atoms with Crippen molar-refractivity contribution >= 4 is 11.6 Å². The van der Waals surface area contributed by atoms with Crippen molar-refractivity contribution in [1.82, 2.24) is 5.32 Å². The number of halogens is 1. The van der Waals surface area contributed by atoms with E-state index in [0.717, 1.165) is 12.8 Å². The molecule has 1 amide bonds. The third-order valence-electron chi connectivity index (χ3n) is 4.10. The first-order chi connectivity index (χ1) is 10.1. The summed E-state index contributed by atoms with van der Waals surface area (Å²) in [5.74, 6) is -0.364. The van der Waals surface area contributed by atoms with Crippen molar-refractivity contribution in [2.24, 2.45) is 0 Å².